The van der Waals surface area contributed by atoms with Gasteiger partial charge >= 0.3 is 0 Å². The third-order valence-corrected chi connectivity index (χ3v) is 5.30. The van der Waals surface area contributed by atoms with Gasteiger partial charge in [-0.25, -0.2) is 4.39 Å². The lowest BCUT2D eigenvalue weighted by Crippen LogP contribution is -2.50. The molecule has 0 aliphatic carbocycles. The van der Waals surface area contributed by atoms with Crippen molar-refractivity contribution < 1.29 is 4.39 Å². The molecule has 3 nitrogen and oxygen atoms in total. The molecule has 2 aromatic rings. The summed E-state index contributed by atoms with van der Waals surface area (Å²) in [5, 5.41) is 3.87. The highest BCUT2D eigenvalue weighted by atomic mass is 35.5. The van der Waals surface area contributed by atoms with Crippen molar-refractivity contribution in [3.05, 3.63) is 58.4 Å². The molecule has 1 aliphatic rings. The molecule has 1 fully saturated rings. The molecule has 132 valence electrons. The van der Waals surface area contributed by atoms with Crippen LogP contribution in [0.25, 0.3) is 0 Å². The van der Waals surface area contributed by atoms with Crippen molar-refractivity contribution in [3.8, 4) is 0 Å². The Balaban J connectivity index is 1.60. The lowest BCUT2D eigenvalue weighted by Gasteiger charge is -2.38. The van der Waals surface area contributed by atoms with Gasteiger partial charge in [-0.2, -0.15) is 0 Å². The second kappa shape index (κ2) is 7.58. The van der Waals surface area contributed by atoms with E-state index in [1.807, 2.05) is 0 Å². The number of benzene rings is 2. The Kier molecular flexibility index (Phi) is 5.45. The van der Waals surface area contributed by atoms with E-state index in [-0.39, 0.29) is 5.02 Å². The number of hydrogen-bond donors (Lipinski definition) is 1. The summed E-state index contributed by atoms with van der Waals surface area (Å²) >= 11 is 11.3. The molecule has 0 amide bonds. The van der Waals surface area contributed by atoms with Crippen molar-refractivity contribution in [1.82, 2.24) is 4.90 Å². The molecule has 1 saturated heterocycles. The van der Waals surface area contributed by atoms with Gasteiger partial charge in [0.25, 0.3) is 0 Å². The number of nitrogens with one attached hydrogen (secondary N) is 1. The molecule has 0 aromatic heterocycles. The van der Waals surface area contributed by atoms with Gasteiger partial charge in [0.05, 0.1) is 5.02 Å². The van der Waals surface area contributed by atoms with E-state index in [0.717, 1.165) is 26.2 Å². The van der Waals surface area contributed by atoms with E-state index in [2.05, 4.69) is 47.2 Å². The number of aryl methyl sites for hydroxylation is 1. The third kappa shape index (κ3) is 4.05. The van der Waals surface area contributed by atoms with Gasteiger partial charge in [-0.1, -0.05) is 23.7 Å². The van der Waals surface area contributed by atoms with Crippen LogP contribution in [0.2, 0.25) is 5.02 Å². The van der Waals surface area contributed by atoms with E-state index in [1.165, 1.54) is 22.9 Å². The van der Waals surface area contributed by atoms with Crippen molar-refractivity contribution in [2.75, 3.05) is 36.4 Å². The van der Waals surface area contributed by atoms with E-state index in [4.69, 9.17) is 23.8 Å². The van der Waals surface area contributed by atoms with Gasteiger partial charge in [-0.05, 0) is 61.5 Å². The first kappa shape index (κ1) is 18.0. The van der Waals surface area contributed by atoms with Crippen molar-refractivity contribution in [2.24, 2.45) is 0 Å². The number of anilines is 2. The van der Waals surface area contributed by atoms with Crippen molar-refractivity contribution in [2.45, 2.75) is 13.8 Å². The quantitative estimate of drug-likeness (QED) is 0.769. The maximum absolute atomic E-state index is 13.2. The SMILES string of the molecule is Cc1cccc(N2CCN(C(=S)Nc3ccc(F)c(Cl)c3)CC2)c1C. The van der Waals surface area contributed by atoms with Crippen LogP contribution in [0.5, 0.6) is 0 Å². The van der Waals surface area contributed by atoms with E-state index < -0.39 is 5.82 Å². The molecule has 0 unspecified atom stereocenters. The Hall–Kier alpha value is -1.85. The Bertz CT molecular complexity index is 788. The zero-order valence-electron chi connectivity index (χ0n) is 14.4. The van der Waals surface area contributed by atoms with Gasteiger partial charge in [0.1, 0.15) is 5.82 Å². The first-order chi connectivity index (χ1) is 12.0. The minimum absolute atomic E-state index is 0.0903. The first-order valence-electron chi connectivity index (χ1n) is 8.28. The predicted octanol–water partition coefficient (Wildman–Crippen LogP) is 4.61. The van der Waals surface area contributed by atoms with Crippen LogP contribution < -0.4 is 10.2 Å². The Morgan fingerprint density at radius 2 is 1.84 bits per heavy atom. The highest BCUT2D eigenvalue weighted by Crippen LogP contribution is 2.24. The number of piperazine rings is 1. The molecule has 0 spiro atoms. The Morgan fingerprint density at radius 1 is 1.12 bits per heavy atom. The van der Waals surface area contributed by atoms with Crippen molar-refractivity contribution in [1.29, 1.82) is 0 Å². The van der Waals surface area contributed by atoms with Crippen molar-refractivity contribution in [3.63, 3.8) is 0 Å². The smallest absolute Gasteiger partial charge is 0.173 e. The fraction of sp³-hybridized carbons (Fsp3) is 0.316. The summed E-state index contributed by atoms with van der Waals surface area (Å²) in [6.45, 7) is 7.82. The van der Waals surface area contributed by atoms with Gasteiger partial charge in [0, 0.05) is 37.6 Å². The number of halogens is 2. The number of nitrogens with zero attached hydrogens (tertiary/aromatic N) is 2. The van der Waals surface area contributed by atoms with Crippen LogP contribution in [-0.2, 0) is 0 Å². The second-order valence-corrected chi connectivity index (χ2v) is 7.05. The summed E-state index contributed by atoms with van der Waals surface area (Å²) in [4.78, 5) is 4.53. The summed E-state index contributed by atoms with van der Waals surface area (Å²) in [7, 11) is 0. The summed E-state index contributed by atoms with van der Waals surface area (Å²) in [6, 6.07) is 11.0. The fourth-order valence-corrected chi connectivity index (χ4v) is 3.49. The highest BCUT2D eigenvalue weighted by Gasteiger charge is 2.20. The lowest BCUT2D eigenvalue weighted by molar-refractivity contribution is 0.390. The molecule has 1 N–H and O–H groups in total. The molecule has 0 bridgehead atoms. The molecule has 1 heterocycles. The van der Waals surface area contributed by atoms with Gasteiger partial charge in [0.2, 0.25) is 0 Å². The minimum Gasteiger partial charge on any atom is -0.368 e. The molecule has 0 radical (unpaired) electrons. The molecule has 2 aromatic carbocycles. The number of rotatable bonds is 2. The normalized spacial score (nSPS) is 14.6. The summed E-state index contributed by atoms with van der Waals surface area (Å²) in [5.41, 5.74) is 4.64. The van der Waals surface area contributed by atoms with E-state index >= 15 is 0 Å². The first-order valence-corrected chi connectivity index (χ1v) is 9.06. The Labute approximate surface area is 158 Å². The standard InChI is InChI=1S/C19H21ClFN3S/c1-13-4-3-5-18(14(13)2)23-8-10-24(11-9-23)19(25)22-15-6-7-17(21)16(20)12-15/h3-7,12H,8-11H2,1-2H3,(H,22,25). The molecule has 25 heavy (non-hydrogen) atoms. The highest BCUT2D eigenvalue weighted by molar-refractivity contribution is 7.80. The fourth-order valence-electron chi connectivity index (χ4n) is 3.01. The zero-order valence-corrected chi connectivity index (χ0v) is 15.9. The van der Waals surface area contributed by atoms with Gasteiger partial charge < -0.3 is 15.1 Å². The summed E-state index contributed by atoms with van der Waals surface area (Å²) < 4.78 is 13.2. The monoisotopic (exact) mass is 377 g/mol. The Morgan fingerprint density at radius 3 is 2.52 bits per heavy atom. The van der Waals surface area contributed by atoms with Crippen LogP contribution in [0.15, 0.2) is 36.4 Å². The minimum atomic E-state index is -0.430. The average molecular weight is 378 g/mol. The molecule has 3 rings (SSSR count). The number of thiocarbonyl (C=S) groups is 1. The van der Waals surface area contributed by atoms with E-state index in [9.17, 15) is 4.39 Å². The van der Waals surface area contributed by atoms with Crippen LogP contribution >= 0.6 is 23.8 Å². The number of hydrogen-bond acceptors (Lipinski definition) is 2. The van der Waals surface area contributed by atoms with Crippen LogP contribution in [0.4, 0.5) is 15.8 Å². The summed E-state index contributed by atoms with van der Waals surface area (Å²) in [5.74, 6) is -0.430. The maximum atomic E-state index is 13.2. The molecule has 0 saturated carbocycles. The molecular formula is C19H21ClFN3S. The largest absolute Gasteiger partial charge is 0.368 e. The maximum Gasteiger partial charge on any atom is 0.173 e. The van der Waals surface area contributed by atoms with E-state index in [0.29, 0.717) is 10.8 Å². The van der Waals surface area contributed by atoms with Crippen LogP contribution in [0, 0.1) is 19.7 Å². The summed E-state index contributed by atoms with van der Waals surface area (Å²) in [6.07, 6.45) is 0. The van der Waals surface area contributed by atoms with Crippen molar-refractivity contribution >= 4 is 40.3 Å². The molecule has 1 aliphatic heterocycles. The van der Waals surface area contributed by atoms with Crippen LogP contribution in [0.1, 0.15) is 11.1 Å². The zero-order chi connectivity index (χ0) is 18.0. The predicted molar refractivity (Wildman–Crippen MR) is 107 cm³/mol. The average Bonchev–Trinajstić information content (AvgIpc) is 2.61. The third-order valence-electron chi connectivity index (χ3n) is 4.65. The van der Waals surface area contributed by atoms with E-state index in [1.54, 1.807) is 12.1 Å². The van der Waals surface area contributed by atoms with Crippen LogP contribution in [-0.4, -0.2) is 36.2 Å². The molecule has 6 heteroatoms. The topological polar surface area (TPSA) is 18.5 Å². The van der Waals surface area contributed by atoms with Gasteiger partial charge in [-0.15, -0.1) is 0 Å². The second-order valence-electron chi connectivity index (χ2n) is 6.25. The molecular weight excluding hydrogens is 357 g/mol. The van der Waals surface area contributed by atoms with Crippen LogP contribution in [0.3, 0.4) is 0 Å². The van der Waals surface area contributed by atoms with Gasteiger partial charge in [0.15, 0.2) is 5.11 Å². The lowest BCUT2D eigenvalue weighted by atomic mass is 10.1. The van der Waals surface area contributed by atoms with Gasteiger partial charge in [-0.3, -0.25) is 0 Å². The molecule has 0 atom stereocenters.